The molecule has 0 saturated heterocycles. The van der Waals surface area contributed by atoms with Gasteiger partial charge in [0.1, 0.15) is 5.75 Å². The second kappa shape index (κ2) is 6.40. The molecular formula is C13H16ClNO. The Labute approximate surface area is 102 Å². The number of hydrogen-bond donors (Lipinski definition) is 0. The molecule has 3 heteroatoms. The lowest BCUT2D eigenvalue weighted by molar-refractivity contribution is 0.251. The molecule has 0 radical (unpaired) electrons. The number of benzene rings is 1. The normalized spacial score (nSPS) is 11.9. The summed E-state index contributed by atoms with van der Waals surface area (Å²) in [6, 6.07) is 7.13. The maximum atomic E-state index is 8.69. The van der Waals surface area contributed by atoms with Gasteiger partial charge in [-0.2, -0.15) is 5.26 Å². The van der Waals surface area contributed by atoms with Crippen LogP contribution >= 0.6 is 11.6 Å². The molecule has 1 atom stereocenters. The van der Waals surface area contributed by atoms with Gasteiger partial charge in [0.2, 0.25) is 0 Å². The van der Waals surface area contributed by atoms with Crippen LogP contribution in [0.15, 0.2) is 18.2 Å². The maximum absolute atomic E-state index is 8.69. The Kier molecular flexibility index (Phi) is 5.14. The van der Waals surface area contributed by atoms with E-state index in [1.54, 1.807) is 18.2 Å². The van der Waals surface area contributed by atoms with E-state index >= 15 is 0 Å². The summed E-state index contributed by atoms with van der Waals surface area (Å²) in [4.78, 5) is 0. The van der Waals surface area contributed by atoms with Gasteiger partial charge in [-0.25, -0.2) is 0 Å². The predicted molar refractivity (Wildman–Crippen MR) is 65.7 cm³/mol. The van der Waals surface area contributed by atoms with E-state index in [0.717, 1.165) is 12.8 Å². The van der Waals surface area contributed by atoms with Crippen molar-refractivity contribution in [3.63, 3.8) is 0 Å². The fraction of sp³-hybridized carbons (Fsp3) is 0.462. The van der Waals surface area contributed by atoms with E-state index in [4.69, 9.17) is 21.6 Å². The number of nitrogens with zero attached hydrogens (tertiary/aromatic N) is 1. The topological polar surface area (TPSA) is 33.0 Å². The molecule has 86 valence electrons. The second-order valence-corrected chi connectivity index (χ2v) is 4.37. The molecule has 1 aromatic rings. The number of rotatable bonds is 5. The first kappa shape index (κ1) is 12.9. The maximum Gasteiger partial charge on any atom is 0.137 e. The van der Waals surface area contributed by atoms with E-state index in [1.165, 1.54) is 0 Å². The Balaban J connectivity index is 2.58. The number of ether oxygens (including phenoxy) is 1. The average Bonchev–Trinajstić information content (AvgIpc) is 2.27. The van der Waals surface area contributed by atoms with Crippen molar-refractivity contribution in [3.8, 4) is 11.8 Å². The van der Waals surface area contributed by atoms with Gasteiger partial charge in [-0.3, -0.25) is 0 Å². The fourth-order valence-corrected chi connectivity index (χ4v) is 1.73. The molecule has 2 nitrogen and oxygen atoms in total. The summed E-state index contributed by atoms with van der Waals surface area (Å²) in [6.07, 6.45) is 2.31. The van der Waals surface area contributed by atoms with Gasteiger partial charge in [-0.15, -0.1) is 0 Å². The Hall–Kier alpha value is -1.20. The van der Waals surface area contributed by atoms with E-state index < -0.39 is 0 Å². The lowest BCUT2D eigenvalue weighted by Gasteiger charge is -2.13. The highest BCUT2D eigenvalue weighted by Crippen LogP contribution is 2.25. The van der Waals surface area contributed by atoms with Crippen molar-refractivity contribution in [2.45, 2.75) is 26.7 Å². The van der Waals surface area contributed by atoms with Gasteiger partial charge < -0.3 is 4.74 Å². The largest absolute Gasteiger partial charge is 0.492 e. The molecule has 0 saturated carbocycles. The van der Waals surface area contributed by atoms with E-state index in [0.29, 0.717) is 28.9 Å². The van der Waals surface area contributed by atoms with Crippen LogP contribution < -0.4 is 4.74 Å². The quantitative estimate of drug-likeness (QED) is 0.775. The zero-order valence-electron chi connectivity index (χ0n) is 9.66. The van der Waals surface area contributed by atoms with Crippen molar-refractivity contribution < 1.29 is 4.74 Å². The molecule has 0 aliphatic carbocycles. The standard InChI is InChI=1S/C13H16ClNO/c1-3-4-10(2)9-16-13-6-5-11(8-15)7-12(13)14/h5-7,10H,3-4,9H2,1-2H3. The molecule has 0 amide bonds. The summed E-state index contributed by atoms with van der Waals surface area (Å²) in [5.41, 5.74) is 0.555. The minimum atomic E-state index is 0.503. The zero-order valence-corrected chi connectivity index (χ0v) is 10.4. The summed E-state index contributed by atoms with van der Waals surface area (Å²) >= 11 is 5.99. The van der Waals surface area contributed by atoms with E-state index in [1.807, 2.05) is 6.07 Å². The van der Waals surface area contributed by atoms with Crippen molar-refractivity contribution in [3.05, 3.63) is 28.8 Å². The van der Waals surface area contributed by atoms with Crippen molar-refractivity contribution in [2.75, 3.05) is 6.61 Å². The highest BCUT2D eigenvalue weighted by Gasteiger charge is 2.06. The lowest BCUT2D eigenvalue weighted by atomic mass is 10.1. The van der Waals surface area contributed by atoms with E-state index in [-0.39, 0.29) is 0 Å². The SMILES string of the molecule is CCCC(C)COc1ccc(C#N)cc1Cl. The molecule has 1 aromatic carbocycles. The number of halogens is 1. The van der Waals surface area contributed by atoms with Crippen LogP contribution in [0.5, 0.6) is 5.75 Å². The summed E-state index contributed by atoms with van der Waals surface area (Å²) in [5, 5.41) is 9.19. The van der Waals surface area contributed by atoms with Gasteiger partial charge in [0.25, 0.3) is 0 Å². The predicted octanol–water partition coefficient (Wildman–Crippen LogP) is 4.03. The van der Waals surface area contributed by atoms with Crippen molar-refractivity contribution in [1.29, 1.82) is 5.26 Å². The van der Waals surface area contributed by atoms with Crippen LogP contribution in [0.3, 0.4) is 0 Å². The highest BCUT2D eigenvalue weighted by molar-refractivity contribution is 6.32. The number of nitriles is 1. The molecular weight excluding hydrogens is 222 g/mol. The Morgan fingerprint density at radius 1 is 1.50 bits per heavy atom. The molecule has 0 spiro atoms. The zero-order chi connectivity index (χ0) is 12.0. The van der Waals surface area contributed by atoms with E-state index in [2.05, 4.69) is 13.8 Å². The second-order valence-electron chi connectivity index (χ2n) is 3.96. The van der Waals surface area contributed by atoms with E-state index in [9.17, 15) is 0 Å². The van der Waals surface area contributed by atoms with Crippen molar-refractivity contribution in [2.24, 2.45) is 5.92 Å². The van der Waals surface area contributed by atoms with Gasteiger partial charge in [0.15, 0.2) is 0 Å². The minimum absolute atomic E-state index is 0.503. The van der Waals surface area contributed by atoms with Crippen molar-refractivity contribution in [1.82, 2.24) is 0 Å². The first-order valence-electron chi connectivity index (χ1n) is 5.49. The minimum Gasteiger partial charge on any atom is -0.492 e. The first-order valence-corrected chi connectivity index (χ1v) is 5.87. The molecule has 0 bridgehead atoms. The lowest BCUT2D eigenvalue weighted by Crippen LogP contribution is -2.08. The molecule has 0 aliphatic heterocycles. The third-order valence-corrected chi connectivity index (χ3v) is 2.66. The monoisotopic (exact) mass is 237 g/mol. The summed E-state index contributed by atoms with van der Waals surface area (Å²) in [7, 11) is 0. The Morgan fingerprint density at radius 3 is 2.81 bits per heavy atom. The van der Waals surface area contributed by atoms with Crippen LogP contribution in [0.25, 0.3) is 0 Å². The van der Waals surface area contributed by atoms with Crippen LogP contribution in [0.4, 0.5) is 0 Å². The van der Waals surface area contributed by atoms with Crippen LogP contribution in [-0.4, -0.2) is 6.61 Å². The third-order valence-electron chi connectivity index (χ3n) is 2.37. The Bertz CT molecular complexity index is 384. The van der Waals surface area contributed by atoms with Crippen LogP contribution in [-0.2, 0) is 0 Å². The highest BCUT2D eigenvalue weighted by atomic mass is 35.5. The van der Waals surface area contributed by atoms with Gasteiger partial charge in [0, 0.05) is 0 Å². The van der Waals surface area contributed by atoms with Gasteiger partial charge in [0.05, 0.1) is 23.3 Å². The van der Waals surface area contributed by atoms with Gasteiger partial charge in [-0.1, -0.05) is 31.9 Å². The molecule has 16 heavy (non-hydrogen) atoms. The third kappa shape index (κ3) is 3.75. The van der Waals surface area contributed by atoms with Crippen LogP contribution in [0.1, 0.15) is 32.3 Å². The molecule has 0 aromatic heterocycles. The average molecular weight is 238 g/mol. The van der Waals surface area contributed by atoms with Crippen LogP contribution in [0.2, 0.25) is 5.02 Å². The molecule has 0 heterocycles. The smallest absolute Gasteiger partial charge is 0.137 e. The molecule has 0 aliphatic rings. The Morgan fingerprint density at radius 2 is 2.25 bits per heavy atom. The molecule has 1 unspecified atom stereocenters. The van der Waals surface area contributed by atoms with Crippen molar-refractivity contribution >= 4 is 11.6 Å². The molecule has 1 rings (SSSR count). The summed E-state index contributed by atoms with van der Waals surface area (Å²) < 4.78 is 5.61. The van der Waals surface area contributed by atoms with Gasteiger partial charge >= 0.3 is 0 Å². The summed E-state index contributed by atoms with van der Waals surface area (Å²) in [5.74, 6) is 1.18. The molecule has 0 fully saturated rings. The van der Waals surface area contributed by atoms with Crippen LogP contribution in [0, 0.1) is 17.2 Å². The van der Waals surface area contributed by atoms with Gasteiger partial charge in [-0.05, 0) is 30.5 Å². The fourth-order valence-electron chi connectivity index (χ4n) is 1.50. The first-order chi connectivity index (χ1) is 7.67. The molecule has 0 N–H and O–H groups in total. The summed E-state index contributed by atoms with van der Waals surface area (Å²) in [6.45, 7) is 4.98. The number of hydrogen-bond acceptors (Lipinski definition) is 2.